The molecule has 1 aromatic rings. The summed E-state index contributed by atoms with van der Waals surface area (Å²) >= 11 is 0. The molecule has 0 spiro atoms. The van der Waals surface area contributed by atoms with Gasteiger partial charge in [0.25, 0.3) is 5.91 Å². The van der Waals surface area contributed by atoms with Crippen molar-refractivity contribution >= 4 is 5.91 Å². The predicted octanol–water partition coefficient (Wildman–Crippen LogP) is 1.21. The molecule has 0 fully saturated rings. The van der Waals surface area contributed by atoms with Crippen molar-refractivity contribution in [2.45, 2.75) is 52.6 Å². The van der Waals surface area contributed by atoms with Gasteiger partial charge in [0.15, 0.2) is 5.69 Å². The molecule has 0 saturated carbocycles. The lowest BCUT2D eigenvalue weighted by molar-refractivity contribution is 0.0924. The Morgan fingerprint density at radius 1 is 1.47 bits per heavy atom. The van der Waals surface area contributed by atoms with Gasteiger partial charge in [-0.15, -0.1) is 5.10 Å². The molecule has 0 aliphatic heterocycles. The summed E-state index contributed by atoms with van der Waals surface area (Å²) in [5.74, 6) is 0.367. The first-order chi connectivity index (χ1) is 9.06. The monoisotopic (exact) mass is 268 g/mol. The zero-order chi connectivity index (χ0) is 14.3. The molecule has 0 radical (unpaired) electrons. The molecule has 19 heavy (non-hydrogen) atoms. The topological polar surface area (TPSA) is 80.0 Å². The van der Waals surface area contributed by atoms with Crippen LogP contribution in [0.5, 0.6) is 0 Å². The summed E-state index contributed by atoms with van der Waals surface area (Å²) in [7, 11) is 0. The van der Waals surface area contributed by atoms with E-state index in [0.717, 1.165) is 19.4 Å². The average molecular weight is 268 g/mol. The van der Waals surface area contributed by atoms with Crippen molar-refractivity contribution in [1.29, 1.82) is 0 Å². The van der Waals surface area contributed by atoms with Gasteiger partial charge in [-0.3, -0.25) is 9.48 Å². The highest BCUT2D eigenvalue weighted by Gasteiger charge is 2.15. The molecule has 1 unspecified atom stereocenters. The summed E-state index contributed by atoms with van der Waals surface area (Å²) in [5, 5.41) is 19.6. The quantitative estimate of drug-likeness (QED) is 0.743. The molecule has 6 nitrogen and oxygen atoms in total. The van der Waals surface area contributed by atoms with E-state index in [1.54, 1.807) is 10.9 Å². The Kier molecular flexibility index (Phi) is 6.49. The van der Waals surface area contributed by atoms with Gasteiger partial charge in [-0.05, 0) is 25.2 Å². The van der Waals surface area contributed by atoms with Gasteiger partial charge in [0, 0.05) is 19.2 Å². The summed E-state index contributed by atoms with van der Waals surface area (Å²) < 4.78 is 1.70. The van der Waals surface area contributed by atoms with Crippen molar-refractivity contribution in [3.63, 3.8) is 0 Å². The van der Waals surface area contributed by atoms with Crippen LogP contribution >= 0.6 is 0 Å². The van der Waals surface area contributed by atoms with E-state index in [1.165, 1.54) is 0 Å². The van der Waals surface area contributed by atoms with Crippen LogP contribution in [0.2, 0.25) is 0 Å². The van der Waals surface area contributed by atoms with Crippen LogP contribution in [0.4, 0.5) is 0 Å². The van der Waals surface area contributed by atoms with Crippen molar-refractivity contribution in [3.05, 3.63) is 11.9 Å². The van der Waals surface area contributed by atoms with E-state index in [4.69, 9.17) is 5.11 Å². The Hall–Kier alpha value is -1.43. The highest BCUT2D eigenvalue weighted by molar-refractivity contribution is 5.92. The molecule has 1 amide bonds. The van der Waals surface area contributed by atoms with E-state index in [1.807, 2.05) is 6.92 Å². The Labute approximate surface area is 114 Å². The summed E-state index contributed by atoms with van der Waals surface area (Å²) in [4.78, 5) is 11.9. The van der Waals surface area contributed by atoms with Crippen molar-refractivity contribution in [2.24, 2.45) is 5.92 Å². The number of hydrogen-bond donors (Lipinski definition) is 2. The number of nitrogens with zero attached hydrogens (tertiary/aromatic N) is 3. The molecule has 0 saturated heterocycles. The predicted molar refractivity (Wildman–Crippen MR) is 72.7 cm³/mol. The van der Waals surface area contributed by atoms with Crippen LogP contribution in [0.15, 0.2) is 6.20 Å². The smallest absolute Gasteiger partial charge is 0.273 e. The number of nitrogens with one attached hydrogen (secondary N) is 1. The summed E-state index contributed by atoms with van der Waals surface area (Å²) in [5.41, 5.74) is 0.333. The van der Waals surface area contributed by atoms with Gasteiger partial charge in [-0.25, -0.2) is 0 Å². The lowest BCUT2D eigenvalue weighted by Crippen LogP contribution is -2.35. The fourth-order valence-corrected chi connectivity index (χ4v) is 1.70. The molecule has 108 valence electrons. The normalized spacial score (nSPS) is 12.7. The van der Waals surface area contributed by atoms with E-state index in [-0.39, 0.29) is 18.6 Å². The standard InChI is InChI=1S/C13H24N4O2/c1-4-11(6-8-18)14-13(19)12-9-17(16-15-12)7-5-10(2)3/h9-11,18H,4-8H2,1-3H3,(H,14,19). The Morgan fingerprint density at radius 3 is 2.79 bits per heavy atom. The molecule has 1 aromatic heterocycles. The molecule has 0 aromatic carbocycles. The number of aromatic nitrogens is 3. The van der Waals surface area contributed by atoms with Gasteiger partial charge in [0.1, 0.15) is 0 Å². The van der Waals surface area contributed by atoms with Gasteiger partial charge in [-0.1, -0.05) is 26.0 Å². The van der Waals surface area contributed by atoms with E-state index in [0.29, 0.717) is 18.0 Å². The zero-order valence-electron chi connectivity index (χ0n) is 12.0. The zero-order valence-corrected chi connectivity index (χ0v) is 12.0. The molecular formula is C13H24N4O2. The number of carbonyl (C=O) groups excluding carboxylic acids is 1. The molecule has 0 aliphatic rings. The number of aliphatic hydroxyl groups is 1. The number of rotatable bonds is 8. The second kappa shape index (κ2) is 7.89. The largest absolute Gasteiger partial charge is 0.396 e. The van der Waals surface area contributed by atoms with Crippen LogP contribution in [-0.2, 0) is 6.54 Å². The van der Waals surface area contributed by atoms with Crippen LogP contribution in [0.1, 0.15) is 50.5 Å². The third kappa shape index (κ3) is 5.38. The van der Waals surface area contributed by atoms with Gasteiger partial charge >= 0.3 is 0 Å². The minimum absolute atomic E-state index is 0.0154. The second-order valence-corrected chi connectivity index (χ2v) is 5.14. The highest BCUT2D eigenvalue weighted by atomic mass is 16.3. The number of amides is 1. The highest BCUT2D eigenvalue weighted by Crippen LogP contribution is 2.03. The van der Waals surface area contributed by atoms with E-state index < -0.39 is 0 Å². The summed E-state index contributed by atoms with van der Waals surface area (Å²) in [6.45, 7) is 7.10. The lowest BCUT2D eigenvalue weighted by Gasteiger charge is -2.14. The fourth-order valence-electron chi connectivity index (χ4n) is 1.70. The Bertz CT molecular complexity index is 390. The molecule has 0 bridgehead atoms. The molecular weight excluding hydrogens is 244 g/mol. The number of aliphatic hydroxyl groups excluding tert-OH is 1. The first-order valence-electron chi connectivity index (χ1n) is 6.88. The summed E-state index contributed by atoms with van der Waals surface area (Å²) in [6.07, 6.45) is 4.02. The van der Waals surface area contributed by atoms with E-state index >= 15 is 0 Å². The molecule has 6 heteroatoms. The van der Waals surface area contributed by atoms with Crippen LogP contribution in [0.25, 0.3) is 0 Å². The minimum atomic E-state index is -0.226. The first-order valence-corrected chi connectivity index (χ1v) is 6.88. The molecule has 1 rings (SSSR count). The van der Waals surface area contributed by atoms with Gasteiger partial charge in [0.2, 0.25) is 0 Å². The molecule has 1 atom stereocenters. The molecule has 0 aliphatic carbocycles. The van der Waals surface area contributed by atoms with Crippen LogP contribution in [0.3, 0.4) is 0 Å². The molecule has 1 heterocycles. The minimum Gasteiger partial charge on any atom is -0.396 e. The first kappa shape index (κ1) is 15.6. The maximum absolute atomic E-state index is 11.9. The van der Waals surface area contributed by atoms with Crippen molar-refractivity contribution in [3.8, 4) is 0 Å². The van der Waals surface area contributed by atoms with E-state index in [2.05, 4.69) is 29.5 Å². The van der Waals surface area contributed by atoms with Crippen LogP contribution in [0, 0.1) is 5.92 Å². The second-order valence-electron chi connectivity index (χ2n) is 5.14. The fraction of sp³-hybridized carbons (Fsp3) is 0.769. The van der Waals surface area contributed by atoms with Crippen molar-refractivity contribution in [1.82, 2.24) is 20.3 Å². The maximum atomic E-state index is 11.9. The van der Waals surface area contributed by atoms with Gasteiger partial charge in [0.05, 0.1) is 6.20 Å². The van der Waals surface area contributed by atoms with Gasteiger partial charge in [-0.2, -0.15) is 0 Å². The van der Waals surface area contributed by atoms with Gasteiger partial charge < -0.3 is 10.4 Å². The van der Waals surface area contributed by atoms with E-state index in [9.17, 15) is 4.79 Å². The summed E-state index contributed by atoms with van der Waals surface area (Å²) in [6, 6.07) is -0.0154. The number of aryl methyl sites for hydroxylation is 1. The number of carbonyl (C=O) groups is 1. The lowest BCUT2D eigenvalue weighted by atomic mass is 10.1. The van der Waals surface area contributed by atoms with Crippen molar-refractivity contribution < 1.29 is 9.90 Å². The molecule has 2 N–H and O–H groups in total. The maximum Gasteiger partial charge on any atom is 0.273 e. The van der Waals surface area contributed by atoms with Crippen molar-refractivity contribution in [2.75, 3.05) is 6.61 Å². The Morgan fingerprint density at radius 2 is 2.21 bits per heavy atom. The van der Waals surface area contributed by atoms with Crippen LogP contribution in [-0.4, -0.2) is 38.7 Å². The third-order valence-electron chi connectivity index (χ3n) is 3.01. The average Bonchev–Trinajstić information content (AvgIpc) is 2.84. The Balaban J connectivity index is 2.52. The van der Waals surface area contributed by atoms with Crippen LogP contribution < -0.4 is 5.32 Å². The third-order valence-corrected chi connectivity index (χ3v) is 3.01. The number of hydrogen-bond acceptors (Lipinski definition) is 4. The SMILES string of the molecule is CCC(CCO)NC(=O)c1cn(CCC(C)C)nn1.